The molecule has 0 aliphatic carbocycles. The molecular weight excluding hydrogens is 773 g/mol. The van der Waals surface area contributed by atoms with Crippen LogP contribution < -0.4 is 10.9 Å². The Morgan fingerprint density at radius 1 is 1.00 bits per heavy atom. The van der Waals surface area contributed by atoms with Crippen molar-refractivity contribution in [1.82, 2.24) is 39.0 Å². The highest BCUT2D eigenvalue weighted by molar-refractivity contribution is 7.48. The zero-order chi connectivity index (χ0) is 38.3. The zero-order valence-corrected chi connectivity index (χ0v) is 29.9. The van der Waals surface area contributed by atoms with Crippen molar-refractivity contribution in [3.63, 3.8) is 0 Å². The van der Waals surface area contributed by atoms with Crippen LogP contribution in [-0.4, -0.2) is 100 Å². The van der Waals surface area contributed by atoms with Gasteiger partial charge in [0.2, 0.25) is 0 Å². The molecule has 0 spiro atoms. The molecule has 55 heavy (non-hydrogen) atoms. The number of amides is 1. The smallest absolute Gasteiger partial charge is 0.349 e. The molecule has 7 heterocycles. The number of aromatic amines is 1. The van der Waals surface area contributed by atoms with Crippen LogP contribution in [0.1, 0.15) is 35.7 Å². The van der Waals surface area contributed by atoms with E-state index in [0.717, 1.165) is 17.2 Å². The minimum atomic E-state index is -5.02. The summed E-state index contributed by atoms with van der Waals surface area (Å²) in [4.78, 5) is 59.2. The Labute approximate surface area is 307 Å². The first kappa shape index (κ1) is 37.1. The van der Waals surface area contributed by atoms with Gasteiger partial charge >= 0.3 is 15.6 Å². The molecule has 3 aliphatic heterocycles. The number of nitriles is 1. The number of phosphoric acid groups is 2. The van der Waals surface area contributed by atoms with Crippen LogP contribution in [0.4, 0.5) is 10.2 Å². The Hall–Kier alpha value is -4.85. The minimum Gasteiger partial charge on any atom is -0.349 e. The quantitative estimate of drug-likeness (QED) is 0.157. The van der Waals surface area contributed by atoms with E-state index in [0.29, 0.717) is 5.56 Å². The van der Waals surface area contributed by atoms with Crippen LogP contribution in [0.3, 0.4) is 0 Å². The lowest BCUT2D eigenvalue weighted by Crippen LogP contribution is -2.34. The lowest BCUT2D eigenvalue weighted by atomic mass is 10.1. The molecule has 25 heteroatoms. The van der Waals surface area contributed by atoms with E-state index in [4.69, 9.17) is 37.4 Å². The van der Waals surface area contributed by atoms with Crippen molar-refractivity contribution < 1.29 is 55.3 Å². The maximum atomic E-state index is 16.3. The van der Waals surface area contributed by atoms with Crippen LogP contribution in [0.2, 0.25) is 0 Å². The molecule has 9 atom stereocenters. The molecule has 3 saturated heterocycles. The van der Waals surface area contributed by atoms with E-state index >= 15 is 4.39 Å². The van der Waals surface area contributed by atoms with Crippen molar-refractivity contribution in [2.24, 2.45) is 0 Å². The van der Waals surface area contributed by atoms with Crippen LogP contribution in [0, 0.1) is 11.3 Å². The van der Waals surface area contributed by atoms with E-state index in [2.05, 4.69) is 35.2 Å². The Balaban J connectivity index is 1.09. The Kier molecular flexibility index (Phi) is 10.1. The standard InChI is InChI=1S/C30H29FN10O12P2/c31-20-23-19(51-30(20)41-15-38-22-26(41)35-13-36-28(22)43)11-48-54(44,45)52-18-9-17(10-49-55(46,53-23)47-8-4-7-32)50-29(18)40-14-37-21-24(33-12-34-25(21)40)39-27(42)16-5-2-1-3-6-16/h1-3,5-6,12-15,17-20,23,29-30H,4,8-11H2,(H,44,45)(H,35,36,43)(H,33,34,39,42)/t17?,18-,19?,20-,23-,29?,30?,55?/m1/s1. The third-order valence-corrected chi connectivity index (χ3v) is 11.2. The molecular formula is C30H29FN10O12P2. The van der Waals surface area contributed by atoms with Gasteiger partial charge in [-0.2, -0.15) is 5.26 Å². The predicted molar refractivity (Wildman–Crippen MR) is 180 cm³/mol. The van der Waals surface area contributed by atoms with E-state index in [1.165, 1.54) is 17.2 Å². The molecule has 5 aromatic rings. The molecule has 3 fully saturated rings. The van der Waals surface area contributed by atoms with Gasteiger partial charge in [-0.15, -0.1) is 0 Å². The fourth-order valence-corrected chi connectivity index (χ4v) is 8.62. The Morgan fingerprint density at radius 2 is 1.76 bits per heavy atom. The molecule has 4 aromatic heterocycles. The van der Waals surface area contributed by atoms with Crippen molar-refractivity contribution in [1.29, 1.82) is 5.26 Å². The van der Waals surface area contributed by atoms with Crippen molar-refractivity contribution in [3.8, 4) is 6.07 Å². The third kappa shape index (κ3) is 7.44. The van der Waals surface area contributed by atoms with E-state index in [1.54, 1.807) is 30.3 Å². The van der Waals surface area contributed by atoms with E-state index < -0.39 is 90.0 Å². The Bertz CT molecular complexity index is 2430. The van der Waals surface area contributed by atoms with Gasteiger partial charge in [-0.3, -0.25) is 41.3 Å². The molecule has 8 rings (SSSR count). The molecule has 1 amide bonds. The number of phosphoric ester groups is 2. The first-order chi connectivity index (χ1) is 26.5. The molecule has 0 radical (unpaired) electrons. The number of ether oxygens (including phenoxy) is 2. The summed E-state index contributed by atoms with van der Waals surface area (Å²) in [7, 11) is -9.78. The fourth-order valence-electron chi connectivity index (χ4n) is 6.28. The summed E-state index contributed by atoms with van der Waals surface area (Å²) in [6, 6.07) is 10.2. The summed E-state index contributed by atoms with van der Waals surface area (Å²) in [5.74, 6) is -0.390. The van der Waals surface area contributed by atoms with Crippen LogP contribution in [-0.2, 0) is 41.2 Å². The number of carbonyl (C=O) groups is 1. The average molecular weight is 803 g/mol. The van der Waals surface area contributed by atoms with Crippen molar-refractivity contribution in [2.45, 2.75) is 55.9 Å². The zero-order valence-electron chi connectivity index (χ0n) is 28.1. The number of carbonyl (C=O) groups excluding carboxylic acids is 1. The number of nitrogens with one attached hydrogen (secondary N) is 2. The number of benzene rings is 1. The van der Waals surface area contributed by atoms with E-state index in [9.17, 15) is 23.6 Å². The normalized spacial score (nSPS) is 31.3. The number of imidazole rings is 2. The summed E-state index contributed by atoms with van der Waals surface area (Å²) < 4.78 is 86.1. The van der Waals surface area contributed by atoms with Crippen LogP contribution >= 0.6 is 15.6 Å². The summed E-state index contributed by atoms with van der Waals surface area (Å²) in [5.41, 5.74) is -0.133. The van der Waals surface area contributed by atoms with Gasteiger partial charge in [0.25, 0.3) is 11.5 Å². The number of anilines is 1. The molecule has 6 unspecified atom stereocenters. The first-order valence-corrected chi connectivity index (χ1v) is 19.5. The van der Waals surface area contributed by atoms with Gasteiger partial charge in [0.1, 0.15) is 24.6 Å². The number of nitrogens with zero attached hydrogens (tertiary/aromatic N) is 8. The number of H-pyrrole nitrogens is 1. The van der Waals surface area contributed by atoms with Gasteiger partial charge in [-0.1, -0.05) is 18.2 Å². The molecule has 1 aromatic carbocycles. The van der Waals surface area contributed by atoms with Crippen molar-refractivity contribution in [3.05, 3.63) is 71.6 Å². The SMILES string of the molecule is N#CCCOP1(=O)OCC2C[C@@H](OP(=O)(O)OCC3OC(n4cnc5c(=O)[nH]cnc54)[C@H](F)[C@@H]3O1)C(n1cnc3c(NC(=O)c4ccccc4)ncnc31)O2. The first-order valence-electron chi connectivity index (χ1n) is 16.5. The summed E-state index contributed by atoms with van der Waals surface area (Å²) in [5, 5.41) is 11.8. The fraction of sp³-hybridized carbons (Fsp3) is 0.400. The number of halogens is 1. The number of rotatable bonds is 7. The highest BCUT2D eigenvalue weighted by Gasteiger charge is 2.53. The largest absolute Gasteiger partial charge is 0.475 e. The molecule has 3 N–H and O–H groups in total. The maximum Gasteiger partial charge on any atom is 0.475 e. The van der Waals surface area contributed by atoms with Crippen molar-refractivity contribution >= 4 is 49.7 Å². The highest BCUT2D eigenvalue weighted by Crippen LogP contribution is 2.56. The predicted octanol–water partition coefficient (Wildman–Crippen LogP) is 2.69. The number of alkyl halides is 1. The van der Waals surface area contributed by atoms with Crippen LogP contribution in [0.15, 0.2) is 60.4 Å². The van der Waals surface area contributed by atoms with E-state index in [-0.39, 0.29) is 41.0 Å². The van der Waals surface area contributed by atoms with E-state index in [1.807, 2.05) is 6.07 Å². The lowest BCUT2D eigenvalue weighted by Gasteiger charge is -2.27. The molecule has 2 bridgehead atoms. The minimum absolute atomic E-state index is 0.0604. The highest BCUT2D eigenvalue weighted by atomic mass is 31.2. The van der Waals surface area contributed by atoms with Crippen molar-refractivity contribution in [2.75, 3.05) is 25.1 Å². The lowest BCUT2D eigenvalue weighted by molar-refractivity contribution is -0.0684. The molecule has 0 saturated carbocycles. The van der Waals surface area contributed by atoms with Crippen LogP contribution in [0.5, 0.6) is 0 Å². The number of aromatic nitrogens is 8. The molecule has 22 nitrogen and oxygen atoms in total. The van der Waals surface area contributed by atoms with Crippen LogP contribution in [0.25, 0.3) is 22.3 Å². The number of hydrogen-bond acceptors (Lipinski definition) is 17. The monoisotopic (exact) mass is 802 g/mol. The second-order valence-corrected chi connectivity index (χ2v) is 15.3. The van der Waals surface area contributed by atoms with Gasteiger partial charge < -0.3 is 24.7 Å². The second kappa shape index (κ2) is 15.0. The summed E-state index contributed by atoms with van der Waals surface area (Å²) in [6.07, 6.45) is -6.40. The van der Waals surface area contributed by atoms with Gasteiger partial charge in [-0.05, 0) is 12.1 Å². The maximum absolute atomic E-state index is 16.3. The topological polar surface area (TPSA) is 279 Å². The van der Waals surface area contributed by atoms with Gasteiger partial charge in [0.05, 0.1) is 57.4 Å². The molecule has 288 valence electrons. The van der Waals surface area contributed by atoms with Gasteiger partial charge in [0.15, 0.2) is 46.8 Å². The Morgan fingerprint density at radius 3 is 2.56 bits per heavy atom. The average Bonchev–Trinajstić information content (AvgIpc) is 3.96. The van der Waals surface area contributed by atoms with Gasteiger partial charge in [0, 0.05) is 12.0 Å². The second-order valence-electron chi connectivity index (χ2n) is 12.3. The number of fused-ring (bicyclic) bond motifs is 5. The third-order valence-electron chi connectivity index (χ3n) is 8.76. The summed E-state index contributed by atoms with van der Waals surface area (Å²) >= 11 is 0. The summed E-state index contributed by atoms with van der Waals surface area (Å²) in [6.45, 7) is -1.81. The molecule has 3 aliphatic rings. The van der Waals surface area contributed by atoms with Gasteiger partial charge in [-0.25, -0.2) is 38.4 Å². The number of hydrogen-bond donors (Lipinski definition) is 3.